The number of rotatable bonds is 5. The molecule has 0 spiro atoms. The molecule has 1 amide bonds. The quantitative estimate of drug-likeness (QED) is 0.863. The van der Waals surface area contributed by atoms with Crippen molar-refractivity contribution in [2.75, 3.05) is 13.1 Å². The van der Waals surface area contributed by atoms with Gasteiger partial charge in [-0.3, -0.25) is 4.79 Å². The molecule has 0 aliphatic rings. The van der Waals surface area contributed by atoms with Crippen LogP contribution < -0.4 is 0 Å². The standard InChI is InChI=1S/C14H18N2O2/c1-3-16(10-11(2)9-15)14(18)8-12-5-4-6-13(17)7-12/h4-7,11,17H,3,8,10H2,1-2H3. The fourth-order valence-corrected chi connectivity index (χ4v) is 1.73. The number of nitrogens with zero attached hydrogens (tertiary/aromatic N) is 2. The maximum atomic E-state index is 12.0. The Balaban J connectivity index is 2.66. The van der Waals surface area contributed by atoms with Gasteiger partial charge in [-0.05, 0) is 31.5 Å². The molecule has 0 aliphatic carbocycles. The number of hydrogen-bond acceptors (Lipinski definition) is 3. The Morgan fingerprint density at radius 1 is 1.56 bits per heavy atom. The van der Waals surface area contributed by atoms with Crippen molar-refractivity contribution in [1.29, 1.82) is 5.26 Å². The fraction of sp³-hybridized carbons (Fsp3) is 0.429. The van der Waals surface area contributed by atoms with E-state index in [1.807, 2.05) is 6.92 Å². The van der Waals surface area contributed by atoms with Crippen molar-refractivity contribution in [3.63, 3.8) is 0 Å². The van der Waals surface area contributed by atoms with E-state index in [2.05, 4.69) is 6.07 Å². The molecule has 1 aromatic rings. The second kappa shape index (κ2) is 6.65. The van der Waals surface area contributed by atoms with Crippen molar-refractivity contribution in [3.05, 3.63) is 29.8 Å². The number of phenols is 1. The molecular formula is C14H18N2O2. The first-order valence-corrected chi connectivity index (χ1v) is 6.02. The van der Waals surface area contributed by atoms with E-state index in [1.54, 1.807) is 36.1 Å². The molecule has 1 unspecified atom stereocenters. The molecule has 4 heteroatoms. The predicted octanol–water partition coefficient (Wildman–Crippen LogP) is 1.94. The van der Waals surface area contributed by atoms with E-state index in [-0.39, 0.29) is 24.0 Å². The fourth-order valence-electron chi connectivity index (χ4n) is 1.73. The molecule has 0 radical (unpaired) electrons. The summed E-state index contributed by atoms with van der Waals surface area (Å²) >= 11 is 0. The zero-order valence-corrected chi connectivity index (χ0v) is 10.8. The Hall–Kier alpha value is -2.02. The van der Waals surface area contributed by atoms with Crippen LogP contribution in [0.4, 0.5) is 0 Å². The lowest BCUT2D eigenvalue weighted by Crippen LogP contribution is -2.35. The van der Waals surface area contributed by atoms with Crippen LogP contribution >= 0.6 is 0 Å². The van der Waals surface area contributed by atoms with E-state index >= 15 is 0 Å². The van der Waals surface area contributed by atoms with Crippen LogP contribution in [0.25, 0.3) is 0 Å². The maximum absolute atomic E-state index is 12.0. The zero-order valence-electron chi connectivity index (χ0n) is 10.8. The van der Waals surface area contributed by atoms with Crippen molar-refractivity contribution in [3.8, 4) is 11.8 Å². The van der Waals surface area contributed by atoms with Gasteiger partial charge in [0, 0.05) is 13.1 Å². The topological polar surface area (TPSA) is 64.3 Å². The highest BCUT2D eigenvalue weighted by Gasteiger charge is 2.15. The summed E-state index contributed by atoms with van der Waals surface area (Å²) in [6.45, 7) is 4.73. The third kappa shape index (κ3) is 4.10. The summed E-state index contributed by atoms with van der Waals surface area (Å²) in [7, 11) is 0. The molecule has 1 N–H and O–H groups in total. The average molecular weight is 246 g/mol. The number of carbonyl (C=O) groups excluding carboxylic acids is 1. The Labute approximate surface area is 107 Å². The molecular weight excluding hydrogens is 228 g/mol. The van der Waals surface area contributed by atoms with Gasteiger partial charge in [0.1, 0.15) is 5.75 Å². The van der Waals surface area contributed by atoms with Gasteiger partial charge in [0.05, 0.1) is 18.4 Å². The van der Waals surface area contributed by atoms with Gasteiger partial charge in [-0.15, -0.1) is 0 Å². The van der Waals surface area contributed by atoms with Gasteiger partial charge in [-0.1, -0.05) is 12.1 Å². The van der Waals surface area contributed by atoms with E-state index in [4.69, 9.17) is 5.26 Å². The van der Waals surface area contributed by atoms with E-state index in [0.29, 0.717) is 13.1 Å². The third-order valence-electron chi connectivity index (χ3n) is 2.71. The SMILES string of the molecule is CCN(CC(C)C#N)C(=O)Cc1cccc(O)c1. The third-order valence-corrected chi connectivity index (χ3v) is 2.71. The molecule has 0 aromatic heterocycles. The van der Waals surface area contributed by atoms with Gasteiger partial charge in [0.15, 0.2) is 0 Å². The normalized spacial score (nSPS) is 11.6. The Kier molecular flexibility index (Phi) is 5.19. The van der Waals surface area contributed by atoms with Gasteiger partial charge in [-0.2, -0.15) is 5.26 Å². The number of nitriles is 1. The lowest BCUT2D eigenvalue weighted by atomic mass is 10.1. The minimum Gasteiger partial charge on any atom is -0.508 e. The van der Waals surface area contributed by atoms with Crippen LogP contribution in [0.5, 0.6) is 5.75 Å². The van der Waals surface area contributed by atoms with Crippen LogP contribution in [0.15, 0.2) is 24.3 Å². The summed E-state index contributed by atoms with van der Waals surface area (Å²) in [5, 5.41) is 18.1. The highest BCUT2D eigenvalue weighted by molar-refractivity contribution is 5.78. The first-order valence-electron chi connectivity index (χ1n) is 6.02. The van der Waals surface area contributed by atoms with E-state index in [1.165, 1.54) is 0 Å². The van der Waals surface area contributed by atoms with Crippen LogP contribution in [0, 0.1) is 17.2 Å². The van der Waals surface area contributed by atoms with Crippen molar-refractivity contribution in [2.24, 2.45) is 5.92 Å². The molecule has 18 heavy (non-hydrogen) atoms. The highest BCUT2D eigenvalue weighted by atomic mass is 16.3. The predicted molar refractivity (Wildman–Crippen MR) is 68.8 cm³/mol. The molecule has 96 valence electrons. The van der Waals surface area contributed by atoms with Gasteiger partial charge in [0.25, 0.3) is 0 Å². The summed E-state index contributed by atoms with van der Waals surface area (Å²) < 4.78 is 0. The first kappa shape index (κ1) is 14.0. The Morgan fingerprint density at radius 3 is 2.83 bits per heavy atom. The summed E-state index contributed by atoms with van der Waals surface area (Å²) in [5.41, 5.74) is 0.781. The monoisotopic (exact) mass is 246 g/mol. The highest BCUT2D eigenvalue weighted by Crippen LogP contribution is 2.12. The molecule has 0 fully saturated rings. The summed E-state index contributed by atoms with van der Waals surface area (Å²) in [6, 6.07) is 8.80. The minimum absolute atomic E-state index is 0.0230. The molecule has 1 atom stereocenters. The molecule has 0 saturated heterocycles. The number of carbonyl (C=O) groups is 1. The van der Waals surface area contributed by atoms with E-state index < -0.39 is 0 Å². The number of likely N-dealkylation sites (N-methyl/N-ethyl adjacent to an activating group) is 1. The Bertz CT molecular complexity index is 451. The minimum atomic E-state index is -0.168. The second-order valence-corrected chi connectivity index (χ2v) is 4.31. The molecule has 0 saturated carbocycles. The van der Waals surface area contributed by atoms with Crippen molar-refractivity contribution >= 4 is 5.91 Å². The summed E-state index contributed by atoms with van der Waals surface area (Å²) in [6.07, 6.45) is 0.250. The number of benzene rings is 1. The van der Waals surface area contributed by atoms with Crippen molar-refractivity contribution in [1.82, 2.24) is 4.90 Å². The maximum Gasteiger partial charge on any atom is 0.227 e. The molecule has 0 bridgehead atoms. The van der Waals surface area contributed by atoms with Crippen LogP contribution in [0.1, 0.15) is 19.4 Å². The summed E-state index contributed by atoms with van der Waals surface area (Å²) in [4.78, 5) is 13.7. The van der Waals surface area contributed by atoms with Crippen LogP contribution in [0.2, 0.25) is 0 Å². The van der Waals surface area contributed by atoms with E-state index in [0.717, 1.165) is 5.56 Å². The zero-order chi connectivity index (χ0) is 13.5. The largest absolute Gasteiger partial charge is 0.508 e. The summed E-state index contributed by atoms with van der Waals surface area (Å²) in [5.74, 6) is -0.0305. The van der Waals surface area contributed by atoms with Crippen molar-refractivity contribution in [2.45, 2.75) is 20.3 Å². The molecule has 0 heterocycles. The Morgan fingerprint density at radius 2 is 2.28 bits per heavy atom. The molecule has 4 nitrogen and oxygen atoms in total. The van der Waals surface area contributed by atoms with Crippen LogP contribution in [0.3, 0.4) is 0 Å². The average Bonchev–Trinajstić information content (AvgIpc) is 2.35. The van der Waals surface area contributed by atoms with Gasteiger partial charge in [0.2, 0.25) is 5.91 Å². The lowest BCUT2D eigenvalue weighted by molar-refractivity contribution is -0.130. The number of phenolic OH excluding ortho intramolecular Hbond substituents is 1. The van der Waals surface area contributed by atoms with Crippen LogP contribution in [-0.4, -0.2) is 29.0 Å². The molecule has 1 rings (SSSR count). The van der Waals surface area contributed by atoms with Crippen molar-refractivity contribution < 1.29 is 9.90 Å². The van der Waals surface area contributed by atoms with Gasteiger partial charge in [-0.25, -0.2) is 0 Å². The number of aromatic hydroxyl groups is 1. The number of amides is 1. The van der Waals surface area contributed by atoms with Gasteiger partial charge >= 0.3 is 0 Å². The number of hydrogen-bond donors (Lipinski definition) is 1. The molecule has 0 aliphatic heterocycles. The molecule has 1 aromatic carbocycles. The second-order valence-electron chi connectivity index (χ2n) is 4.31. The smallest absolute Gasteiger partial charge is 0.227 e. The lowest BCUT2D eigenvalue weighted by Gasteiger charge is -2.22. The van der Waals surface area contributed by atoms with E-state index in [9.17, 15) is 9.90 Å². The van der Waals surface area contributed by atoms with Crippen LogP contribution in [-0.2, 0) is 11.2 Å². The van der Waals surface area contributed by atoms with Gasteiger partial charge < -0.3 is 10.0 Å². The first-order chi connectivity index (χ1) is 8.56.